The standard InChI is InChI=1S/C16H11BrO3/c1-19-13-3-2-4-14-16(13)12(18)9-15(20-14)10-5-7-11(17)8-6-10/h2-9H,1H3. The summed E-state index contributed by atoms with van der Waals surface area (Å²) >= 11 is 3.38. The van der Waals surface area contributed by atoms with Gasteiger partial charge in [0, 0.05) is 16.1 Å². The topological polar surface area (TPSA) is 39.4 Å². The van der Waals surface area contributed by atoms with Crippen LogP contribution in [0.15, 0.2) is 62.2 Å². The van der Waals surface area contributed by atoms with Gasteiger partial charge in [0.05, 0.1) is 7.11 Å². The number of methoxy groups -OCH3 is 1. The monoisotopic (exact) mass is 330 g/mol. The number of hydrogen-bond donors (Lipinski definition) is 0. The molecule has 2 aromatic carbocycles. The fourth-order valence-electron chi connectivity index (χ4n) is 2.10. The van der Waals surface area contributed by atoms with Crippen molar-refractivity contribution < 1.29 is 9.15 Å². The average Bonchev–Trinajstić information content (AvgIpc) is 2.47. The Bertz CT molecular complexity index is 819. The Morgan fingerprint density at radius 1 is 1.10 bits per heavy atom. The van der Waals surface area contributed by atoms with E-state index < -0.39 is 0 Å². The molecule has 0 unspecified atom stereocenters. The van der Waals surface area contributed by atoms with Crippen LogP contribution in [-0.2, 0) is 0 Å². The summed E-state index contributed by atoms with van der Waals surface area (Å²) in [5.41, 5.74) is 1.27. The highest BCUT2D eigenvalue weighted by atomic mass is 79.9. The molecule has 0 atom stereocenters. The fourth-order valence-corrected chi connectivity index (χ4v) is 2.37. The number of ether oxygens (including phenoxy) is 1. The third-order valence-electron chi connectivity index (χ3n) is 3.07. The van der Waals surface area contributed by atoms with Gasteiger partial charge in [-0.3, -0.25) is 4.79 Å². The summed E-state index contributed by atoms with van der Waals surface area (Å²) in [4.78, 5) is 12.3. The van der Waals surface area contributed by atoms with E-state index in [4.69, 9.17) is 9.15 Å². The Hall–Kier alpha value is -2.07. The molecule has 0 saturated carbocycles. The van der Waals surface area contributed by atoms with Gasteiger partial charge in [-0.1, -0.05) is 34.1 Å². The van der Waals surface area contributed by atoms with E-state index in [1.165, 1.54) is 13.2 Å². The first kappa shape index (κ1) is 12.9. The quantitative estimate of drug-likeness (QED) is 0.705. The highest BCUT2D eigenvalue weighted by Gasteiger charge is 2.10. The highest BCUT2D eigenvalue weighted by Crippen LogP contribution is 2.27. The normalized spacial score (nSPS) is 10.7. The molecule has 0 saturated heterocycles. The maximum Gasteiger partial charge on any atom is 0.197 e. The van der Waals surface area contributed by atoms with Crippen molar-refractivity contribution in [2.75, 3.05) is 7.11 Å². The first-order valence-electron chi connectivity index (χ1n) is 6.06. The van der Waals surface area contributed by atoms with Gasteiger partial charge in [0.15, 0.2) is 5.43 Å². The van der Waals surface area contributed by atoms with Crippen molar-refractivity contribution in [3.05, 3.63) is 63.2 Å². The van der Waals surface area contributed by atoms with Crippen molar-refractivity contribution in [1.82, 2.24) is 0 Å². The van der Waals surface area contributed by atoms with Gasteiger partial charge in [0.1, 0.15) is 22.5 Å². The lowest BCUT2D eigenvalue weighted by Gasteiger charge is -2.06. The van der Waals surface area contributed by atoms with Crippen molar-refractivity contribution in [2.24, 2.45) is 0 Å². The maximum atomic E-state index is 12.3. The second-order valence-corrected chi connectivity index (χ2v) is 5.23. The van der Waals surface area contributed by atoms with Gasteiger partial charge in [0.2, 0.25) is 0 Å². The molecule has 0 radical (unpaired) electrons. The average molecular weight is 331 g/mol. The molecule has 0 amide bonds. The molecular formula is C16H11BrO3. The Labute approximate surface area is 123 Å². The smallest absolute Gasteiger partial charge is 0.197 e. The number of halogens is 1. The molecule has 3 nitrogen and oxygen atoms in total. The predicted molar refractivity (Wildman–Crippen MR) is 82.2 cm³/mol. The second kappa shape index (κ2) is 5.13. The van der Waals surface area contributed by atoms with Crippen LogP contribution in [-0.4, -0.2) is 7.11 Å². The molecule has 0 aliphatic carbocycles. The first-order chi connectivity index (χ1) is 9.69. The summed E-state index contributed by atoms with van der Waals surface area (Å²) in [6.45, 7) is 0. The number of rotatable bonds is 2. The van der Waals surface area contributed by atoms with Crippen molar-refractivity contribution in [3.63, 3.8) is 0 Å². The van der Waals surface area contributed by atoms with E-state index in [0.717, 1.165) is 10.0 Å². The van der Waals surface area contributed by atoms with Gasteiger partial charge in [-0.25, -0.2) is 0 Å². The van der Waals surface area contributed by atoms with Crippen LogP contribution < -0.4 is 10.2 Å². The van der Waals surface area contributed by atoms with Crippen LogP contribution in [0.4, 0.5) is 0 Å². The van der Waals surface area contributed by atoms with E-state index in [-0.39, 0.29) is 5.43 Å². The zero-order valence-corrected chi connectivity index (χ0v) is 12.3. The minimum Gasteiger partial charge on any atom is -0.496 e. The largest absolute Gasteiger partial charge is 0.496 e. The SMILES string of the molecule is COc1cccc2oc(-c3ccc(Br)cc3)cc(=O)c12. The molecule has 0 N–H and O–H groups in total. The van der Waals surface area contributed by atoms with Crippen molar-refractivity contribution in [1.29, 1.82) is 0 Å². The molecule has 20 heavy (non-hydrogen) atoms. The van der Waals surface area contributed by atoms with Gasteiger partial charge in [0.25, 0.3) is 0 Å². The van der Waals surface area contributed by atoms with Crippen LogP contribution in [0.3, 0.4) is 0 Å². The van der Waals surface area contributed by atoms with E-state index in [1.807, 2.05) is 24.3 Å². The lowest BCUT2D eigenvalue weighted by molar-refractivity contribution is 0.419. The molecule has 4 heteroatoms. The third-order valence-corrected chi connectivity index (χ3v) is 3.59. The lowest BCUT2D eigenvalue weighted by Crippen LogP contribution is -2.02. The summed E-state index contributed by atoms with van der Waals surface area (Å²) < 4.78 is 12.0. The summed E-state index contributed by atoms with van der Waals surface area (Å²) in [5, 5.41) is 0.468. The molecule has 1 aromatic heterocycles. The van der Waals surface area contributed by atoms with Gasteiger partial charge in [-0.15, -0.1) is 0 Å². The van der Waals surface area contributed by atoms with Gasteiger partial charge >= 0.3 is 0 Å². The van der Waals surface area contributed by atoms with Crippen LogP contribution in [0.5, 0.6) is 5.75 Å². The molecule has 0 aliphatic rings. The van der Waals surface area contributed by atoms with E-state index in [0.29, 0.717) is 22.5 Å². The van der Waals surface area contributed by atoms with E-state index >= 15 is 0 Å². The van der Waals surface area contributed by atoms with Gasteiger partial charge in [-0.05, 0) is 24.3 Å². The number of fused-ring (bicyclic) bond motifs is 1. The Kier molecular flexibility index (Phi) is 3.32. The van der Waals surface area contributed by atoms with Gasteiger partial charge < -0.3 is 9.15 Å². The summed E-state index contributed by atoms with van der Waals surface area (Å²) in [7, 11) is 1.54. The fraction of sp³-hybridized carbons (Fsp3) is 0.0625. The first-order valence-corrected chi connectivity index (χ1v) is 6.85. The zero-order valence-electron chi connectivity index (χ0n) is 10.7. The maximum absolute atomic E-state index is 12.3. The molecule has 0 spiro atoms. The molecule has 1 heterocycles. The Morgan fingerprint density at radius 2 is 1.85 bits per heavy atom. The minimum absolute atomic E-state index is 0.110. The van der Waals surface area contributed by atoms with E-state index in [9.17, 15) is 4.79 Å². The van der Waals surface area contributed by atoms with Crippen LogP contribution in [0.1, 0.15) is 0 Å². The van der Waals surface area contributed by atoms with Crippen molar-refractivity contribution >= 4 is 26.9 Å². The van der Waals surface area contributed by atoms with Crippen LogP contribution in [0.25, 0.3) is 22.3 Å². The molecule has 0 fully saturated rings. The minimum atomic E-state index is -0.110. The van der Waals surface area contributed by atoms with Crippen molar-refractivity contribution in [3.8, 4) is 17.1 Å². The zero-order chi connectivity index (χ0) is 14.1. The highest BCUT2D eigenvalue weighted by molar-refractivity contribution is 9.10. The van der Waals surface area contributed by atoms with Gasteiger partial charge in [-0.2, -0.15) is 0 Å². The predicted octanol–water partition coefficient (Wildman–Crippen LogP) is 4.23. The Morgan fingerprint density at radius 3 is 2.55 bits per heavy atom. The Balaban J connectivity index is 2.25. The third kappa shape index (κ3) is 2.23. The summed E-state index contributed by atoms with van der Waals surface area (Å²) in [5.74, 6) is 1.07. The molecule has 100 valence electrons. The van der Waals surface area contributed by atoms with Crippen molar-refractivity contribution in [2.45, 2.75) is 0 Å². The number of hydrogen-bond acceptors (Lipinski definition) is 3. The molecule has 0 aliphatic heterocycles. The summed E-state index contributed by atoms with van der Waals surface area (Å²) in [6, 6.07) is 14.4. The lowest BCUT2D eigenvalue weighted by atomic mass is 10.1. The van der Waals surface area contributed by atoms with Crippen LogP contribution in [0.2, 0.25) is 0 Å². The second-order valence-electron chi connectivity index (χ2n) is 4.32. The number of benzene rings is 2. The molecule has 3 rings (SSSR count). The summed E-state index contributed by atoms with van der Waals surface area (Å²) in [6.07, 6.45) is 0. The van der Waals surface area contributed by atoms with E-state index in [1.54, 1.807) is 18.2 Å². The van der Waals surface area contributed by atoms with E-state index in [2.05, 4.69) is 15.9 Å². The molecule has 0 bridgehead atoms. The van der Waals surface area contributed by atoms with Crippen LogP contribution >= 0.6 is 15.9 Å². The van der Waals surface area contributed by atoms with Crippen LogP contribution in [0, 0.1) is 0 Å². The molecular weight excluding hydrogens is 320 g/mol. The molecule has 3 aromatic rings.